The van der Waals surface area contributed by atoms with Gasteiger partial charge in [0.2, 0.25) is 0 Å². The zero-order valence-electron chi connectivity index (χ0n) is 11.4. The molecule has 0 amide bonds. The Bertz CT molecular complexity index is 581. The molecule has 0 fully saturated rings. The van der Waals surface area contributed by atoms with Crippen molar-refractivity contribution in [3.63, 3.8) is 0 Å². The average molecular weight is 243 g/mol. The number of imidazole rings is 1. The summed E-state index contributed by atoms with van der Waals surface area (Å²) in [4.78, 5) is 4.69. The summed E-state index contributed by atoms with van der Waals surface area (Å²) in [5.74, 6) is 0.956. The normalized spacial score (nSPS) is 12.9. The quantitative estimate of drug-likeness (QED) is 0.838. The molecule has 1 aromatic heterocycles. The van der Waals surface area contributed by atoms with Gasteiger partial charge < -0.3 is 10.3 Å². The summed E-state index contributed by atoms with van der Waals surface area (Å²) in [5.41, 5.74) is 10.9. The van der Waals surface area contributed by atoms with E-state index >= 15 is 0 Å². The molecule has 1 heterocycles. The number of aryl methyl sites for hydroxylation is 2. The van der Waals surface area contributed by atoms with Gasteiger partial charge in [-0.2, -0.15) is 0 Å². The van der Waals surface area contributed by atoms with Crippen LogP contribution in [-0.4, -0.2) is 9.55 Å². The number of hydrogen-bond donors (Lipinski definition) is 1. The molecule has 0 radical (unpaired) electrons. The lowest BCUT2D eigenvalue weighted by molar-refractivity contribution is 0.609. The van der Waals surface area contributed by atoms with E-state index in [0.717, 1.165) is 29.8 Å². The Balaban J connectivity index is 2.70. The van der Waals surface area contributed by atoms with Gasteiger partial charge in [0, 0.05) is 6.54 Å². The molecule has 0 bridgehead atoms. The van der Waals surface area contributed by atoms with Gasteiger partial charge in [0.05, 0.1) is 17.1 Å². The third-order valence-corrected chi connectivity index (χ3v) is 3.48. The summed E-state index contributed by atoms with van der Waals surface area (Å²) in [6, 6.07) is 4.31. The second-order valence-corrected chi connectivity index (χ2v) is 4.81. The molecule has 0 aliphatic rings. The predicted molar refractivity (Wildman–Crippen MR) is 76.6 cm³/mol. The van der Waals surface area contributed by atoms with Crippen molar-refractivity contribution in [3.8, 4) is 0 Å². The zero-order valence-corrected chi connectivity index (χ0v) is 11.4. The molecule has 1 unspecified atom stereocenters. The SMILES string of the molecule is C=CCn1c(C(N)CC)nc2cc(C)c(C)cc21. The van der Waals surface area contributed by atoms with Gasteiger partial charge in [-0.25, -0.2) is 4.98 Å². The average Bonchev–Trinajstić information content (AvgIpc) is 2.68. The minimum Gasteiger partial charge on any atom is -0.323 e. The van der Waals surface area contributed by atoms with Crippen LogP contribution in [0.15, 0.2) is 24.8 Å². The molecule has 0 saturated heterocycles. The van der Waals surface area contributed by atoms with Gasteiger partial charge in [0.15, 0.2) is 0 Å². The van der Waals surface area contributed by atoms with Crippen molar-refractivity contribution >= 4 is 11.0 Å². The van der Waals surface area contributed by atoms with Crippen molar-refractivity contribution in [2.45, 2.75) is 39.8 Å². The van der Waals surface area contributed by atoms with E-state index < -0.39 is 0 Å². The Morgan fingerprint density at radius 1 is 1.39 bits per heavy atom. The van der Waals surface area contributed by atoms with Crippen molar-refractivity contribution < 1.29 is 0 Å². The number of allylic oxidation sites excluding steroid dienone is 1. The first kappa shape index (κ1) is 12.8. The van der Waals surface area contributed by atoms with Gasteiger partial charge in [-0.05, 0) is 43.5 Å². The molecule has 3 heteroatoms. The molecular formula is C15H21N3. The first-order valence-electron chi connectivity index (χ1n) is 6.42. The van der Waals surface area contributed by atoms with Gasteiger partial charge in [-0.1, -0.05) is 13.0 Å². The van der Waals surface area contributed by atoms with Crippen LogP contribution < -0.4 is 5.73 Å². The standard InChI is InChI=1S/C15H21N3/c1-5-7-18-14-9-11(4)10(3)8-13(14)17-15(18)12(16)6-2/h5,8-9,12H,1,6-7,16H2,2-4H3. The van der Waals surface area contributed by atoms with Crippen LogP contribution in [0.3, 0.4) is 0 Å². The molecule has 0 spiro atoms. The maximum Gasteiger partial charge on any atom is 0.127 e. The van der Waals surface area contributed by atoms with E-state index in [1.807, 2.05) is 6.08 Å². The number of fused-ring (bicyclic) bond motifs is 1. The van der Waals surface area contributed by atoms with Crippen LogP contribution in [0.25, 0.3) is 11.0 Å². The monoisotopic (exact) mass is 243 g/mol. The van der Waals surface area contributed by atoms with Crippen LogP contribution in [-0.2, 0) is 6.54 Å². The van der Waals surface area contributed by atoms with Gasteiger partial charge in [-0.15, -0.1) is 6.58 Å². The van der Waals surface area contributed by atoms with Crippen LogP contribution in [0.5, 0.6) is 0 Å². The molecule has 18 heavy (non-hydrogen) atoms. The summed E-state index contributed by atoms with van der Waals surface area (Å²) in [6.07, 6.45) is 2.78. The smallest absolute Gasteiger partial charge is 0.127 e. The van der Waals surface area contributed by atoms with Gasteiger partial charge >= 0.3 is 0 Å². The Hall–Kier alpha value is -1.61. The fraction of sp³-hybridized carbons (Fsp3) is 0.400. The van der Waals surface area contributed by atoms with E-state index in [0.29, 0.717) is 0 Å². The summed E-state index contributed by atoms with van der Waals surface area (Å²) < 4.78 is 2.17. The molecule has 2 N–H and O–H groups in total. The number of nitrogens with two attached hydrogens (primary N) is 1. The Kier molecular flexibility index (Phi) is 3.53. The van der Waals surface area contributed by atoms with E-state index in [2.05, 4.69) is 44.0 Å². The van der Waals surface area contributed by atoms with Crippen molar-refractivity contribution in [3.05, 3.63) is 41.7 Å². The molecule has 3 nitrogen and oxygen atoms in total. The number of nitrogens with zero attached hydrogens (tertiary/aromatic N) is 2. The highest BCUT2D eigenvalue weighted by Crippen LogP contribution is 2.24. The van der Waals surface area contributed by atoms with E-state index in [-0.39, 0.29) is 6.04 Å². The maximum absolute atomic E-state index is 6.15. The van der Waals surface area contributed by atoms with E-state index in [1.165, 1.54) is 11.1 Å². The van der Waals surface area contributed by atoms with Crippen LogP contribution in [0.1, 0.15) is 36.3 Å². The lowest BCUT2D eigenvalue weighted by atomic mass is 10.1. The fourth-order valence-corrected chi connectivity index (χ4v) is 2.19. The first-order valence-corrected chi connectivity index (χ1v) is 6.42. The maximum atomic E-state index is 6.15. The van der Waals surface area contributed by atoms with Crippen LogP contribution >= 0.6 is 0 Å². The number of benzene rings is 1. The van der Waals surface area contributed by atoms with Gasteiger partial charge in [0.1, 0.15) is 5.82 Å². The summed E-state index contributed by atoms with van der Waals surface area (Å²) in [7, 11) is 0. The lowest BCUT2D eigenvalue weighted by Crippen LogP contribution is -2.15. The van der Waals surface area contributed by atoms with Crippen molar-refractivity contribution in [1.29, 1.82) is 0 Å². The van der Waals surface area contributed by atoms with E-state index in [4.69, 9.17) is 10.7 Å². The van der Waals surface area contributed by atoms with Crippen molar-refractivity contribution in [2.24, 2.45) is 5.73 Å². The second-order valence-electron chi connectivity index (χ2n) is 4.81. The fourth-order valence-electron chi connectivity index (χ4n) is 2.19. The zero-order chi connectivity index (χ0) is 13.3. The Morgan fingerprint density at radius 2 is 2.06 bits per heavy atom. The summed E-state index contributed by atoms with van der Waals surface area (Å²) >= 11 is 0. The highest BCUT2D eigenvalue weighted by molar-refractivity contribution is 5.78. The van der Waals surface area contributed by atoms with Crippen molar-refractivity contribution in [1.82, 2.24) is 9.55 Å². The lowest BCUT2D eigenvalue weighted by Gasteiger charge is -2.11. The molecule has 2 aromatic rings. The summed E-state index contributed by atoms with van der Waals surface area (Å²) in [5, 5.41) is 0. The van der Waals surface area contributed by atoms with Crippen LogP contribution in [0, 0.1) is 13.8 Å². The third kappa shape index (κ3) is 2.06. The highest BCUT2D eigenvalue weighted by atomic mass is 15.1. The van der Waals surface area contributed by atoms with Gasteiger partial charge in [0.25, 0.3) is 0 Å². The van der Waals surface area contributed by atoms with Crippen molar-refractivity contribution in [2.75, 3.05) is 0 Å². The highest BCUT2D eigenvalue weighted by Gasteiger charge is 2.15. The van der Waals surface area contributed by atoms with Crippen LogP contribution in [0.4, 0.5) is 0 Å². The molecule has 1 aromatic carbocycles. The second kappa shape index (κ2) is 4.94. The minimum absolute atomic E-state index is 0.0158. The molecule has 0 saturated carbocycles. The van der Waals surface area contributed by atoms with Crippen LogP contribution in [0.2, 0.25) is 0 Å². The number of aromatic nitrogens is 2. The molecule has 2 rings (SSSR count). The number of hydrogen-bond acceptors (Lipinski definition) is 2. The van der Waals surface area contributed by atoms with E-state index in [9.17, 15) is 0 Å². The largest absolute Gasteiger partial charge is 0.323 e. The van der Waals surface area contributed by atoms with E-state index in [1.54, 1.807) is 0 Å². The molecule has 1 atom stereocenters. The first-order chi connectivity index (χ1) is 8.58. The molecular weight excluding hydrogens is 222 g/mol. The third-order valence-electron chi connectivity index (χ3n) is 3.48. The Morgan fingerprint density at radius 3 is 2.67 bits per heavy atom. The molecule has 0 aliphatic heterocycles. The van der Waals surface area contributed by atoms with Gasteiger partial charge in [-0.3, -0.25) is 0 Å². The topological polar surface area (TPSA) is 43.8 Å². The molecule has 0 aliphatic carbocycles. The predicted octanol–water partition coefficient (Wildman–Crippen LogP) is 3.25. The minimum atomic E-state index is -0.0158. The number of rotatable bonds is 4. The summed E-state index contributed by atoms with van der Waals surface area (Å²) in [6.45, 7) is 10.9. The molecule has 96 valence electrons. The Labute approximate surface area is 108 Å².